The van der Waals surface area contributed by atoms with Gasteiger partial charge in [-0.1, -0.05) is 60.1 Å². The monoisotopic (exact) mass is 210 g/mol. The molecule has 15 heavy (non-hydrogen) atoms. The van der Waals surface area contributed by atoms with Crippen molar-refractivity contribution in [2.45, 2.75) is 60.8 Å². The van der Waals surface area contributed by atoms with Crippen molar-refractivity contribution in [2.24, 2.45) is 23.7 Å². The first-order valence-corrected chi connectivity index (χ1v) is 6.56. The summed E-state index contributed by atoms with van der Waals surface area (Å²) >= 11 is 0. The second-order valence-corrected chi connectivity index (χ2v) is 6.00. The molecule has 0 heterocycles. The molecule has 0 aromatic carbocycles. The van der Waals surface area contributed by atoms with E-state index in [4.69, 9.17) is 0 Å². The van der Waals surface area contributed by atoms with E-state index in [0.29, 0.717) is 0 Å². The minimum atomic E-state index is 0.792. The van der Waals surface area contributed by atoms with Crippen LogP contribution in [0.2, 0.25) is 0 Å². The molecule has 0 aliphatic heterocycles. The fourth-order valence-corrected chi connectivity index (χ4v) is 1.87. The van der Waals surface area contributed by atoms with Crippen LogP contribution in [-0.4, -0.2) is 0 Å². The lowest BCUT2D eigenvalue weighted by atomic mass is 9.99. The van der Waals surface area contributed by atoms with E-state index in [1.165, 1.54) is 24.8 Å². The zero-order valence-corrected chi connectivity index (χ0v) is 11.6. The second-order valence-electron chi connectivity index (χ2n) is 6.00. The Kier molecular flexibility index (Phi) is 6.96. The summed E-state index contributed by atoms with van der Waals surface area (Å²) in [6.07, 6.45) is 4.00. The maximum Gasteiger partial charge on any atom is -0.0174 e. The van der Waals surface area contributed by atoms with E-state index in [1.54, 1.807) is 0 Å². The second kappa shape index (κ2) is 7.09. The predicted octanol–water partition coefficient (Wildman–Crippen LogP) is 5.30. The van der Waals surface area contributed by atoms with Crippen molar-refractivity contribution in [1.29, 1.82) is 0 Å². The van der Waals surface area contributed by atoms with E-state index in [2.05, 4.69) is 48.1 Å². The molecule has 0 N–H and O–H groups in total. The van der Waals surface area contributed by atoms with Gasteiger partial charge in [-0.15, -0.1) is 0 Å². The third-order valence-electron chi connectivity index (χ3n) is 2.64. The van der Waals surface area contributed by atoms with Crippen LogP contribution in [0, 0.1) is 23.7 Å². The summed E-state index contributed by atoms with van der Waals surface area (Å²) in [5.74, 6) is 3.50. The van der Waals surface area contributed by atoms with Gasteiger partial charge in [0.05, 0.1) is 0 Å². The predicted molar refractivity (Wildman–Crippen MR) is 71.0 cm³/mol. The van der Waals surface area contributed by atoms with Crippen molar-refractivity contribution in [3.8, 4) is 0 Å². The average Bonchev–Trinajstić information content (AvgIpc) is 2.79. The average molecular weight is 210 g/mol. The standard InChI is InChI=1S/C11H20.C4H10/c1-5-10-7-11(10)9(4)6-8(2)3;1-4(2)3/h8,10-11H,4-7H2,1-3H3;4H,1-3H3. The molecular formula is C15H30. The normalized spacial score (nSPS) is 23.7. The van der Waals surface area contributed by atoms with Crippen LogP contribution in [-0.2, 0) is 0 Å². The Hall–Kier alpha value is -0.260. The first-order chi connectivity index (χ1) is 6.88. The van der Waals surface area contributed by atoms with Gasteiger partial charge < -0.3 is 0 Å². The van der Waals surface area contributed by atoms with Gasteiger partial charge >= 0.3 is 0 Å². The molecule has 2 unspecified atom stereocenters. The van der Waals surface area contributed by atoms with Crippen LogP contribution < -0.4 is 0 Å². The highest BCUT2D eigenvalue weighted by Gasteiger charge is 2.36. The first-order valence-electron chi connectivity index (χ1n) is 6.56. The molecular weight excluding hydrogens is 180 g/mol. The molecule has 0 spiro atoms. The van der Waals surface area contributed by atoms with Crippen molar-refractivity contribution < 1.29 is 0 Å². The maximum absolute atomic E-state index is 4.16. The van der Waals surface area contributed by atoms with Gasteiger partial charge in [-0.05, 0) is 36.5 Å². The summed E-state index contributed by atoms with van der Waals surface area (Å²) in [5.41, 5.74) is 1.51. The number of rotatable bonds is 4. The molecule has 1 rings (SSSR count). The molecule has 0 aromatic rings. The van der Waals surface area contributed by atoms with Gasteiger partial charge in [0.1, 0.15) is 0 Å². The molecule has 2 atom stereocenters. The lowest BCUT2D eigenvalue weighted by molar-refractivity contribution is 0.605. The molecule has 1 fully saturated rings. The Morgan fingerprint density at radius 3 is 1.93 bits per heavy atom. The van der Waals surface area contributed by atoms with Gasteiger partial charge in [0.25, 0.3) is 0 Å². The molecule has 0 amide bonds. The number of hydrogen-bond acceptors (Lipinski definition) is 0. The summed E-state index contributed by atoms with van der Waals surface area (Å²) in [7, 11) is 0. The smallest absolute Gasteiger partial charge is 0.0174 e. The zero-order chi connectivity index (χ0) is 12.0. The van der Waals surface area contributed by atoms with Crippen molar-refractivity contribution in [3.63, 3.8) is 0 Å². The quantitative estimate of drug-likeness (QED) is 0.553. The Balaban J connectivity index is 0.000000423. The molecule has 0 saturated heterocycles. The molecule has 0 bridgehead atoms. The third kappa shape index (κ3) is 7.64. The Labute approximate surface area is 97.2 Å². The van der Waals surface area contributed by atoms with E-state index in [9.17, 15) is 0 Å². The van der Waals surface area contributed by atoms with Gasteiger partial charge in [0, 0.05) is 0 Å². The highest BCUT2D eigenvalue weighted by Crippen LogP contribution is 2.47. The Bertz CT molecular complexity index is 174. The molecule has 0 aromatic heterocycles. The van der Waals surface area contributed by atoms with Gasteiger partial charge in [0.15, 0.2) is 0 Å². The highest BCUT2D eigenvalue weighted by atomic mass is 14.4. The fraction of sp³-hybridized carbons (Fsp3) is 0.867. The van der Waals surface area contributed by atoms with Crippen LogP contribution in [0.1, 0.15) is 60.8 Å². The van der Waals surface area contributed by atoms with Gasteiger partial charge in [-0.2, -0.15) is 0 Å². The molecule has 90 valence electrons. The topological polar surface area (TPSA) is 0 Å². The molecule has 1 aliphatic rings. The summed E-state index contributed by atoms with van der Waals surface area (Å²) in [5, 5.41) is 0. The van der Waals surface area contributed by atoms with Crippen LogP contribution in [0.3, 0.4) is 0 Å². The minimum Gasteiger partial charge on any atom is -0.0996 e. The molecule has 0 nitrogen and oxygen atoms in total. The third-order valence-corrected chi connectivity index (χ3v) is 2.64. The van der Waals surface area contributed by atoms with Crippen molar-refractivity contribution in [3.05, 3.63) is 12.2 Å². The summed E-state index contributed by atoms with van der Waals surface area (Å²) < 4.78 is 0. The van der Waals surface area contributed by atoms with Gasteiger partial charge in [-0.25, -0.2) is 0 Å². The lowest BCUT2D eigenvalue weighted by Crippen LogP contribution is -1.93. The van der Waals surface area contributed by atoms with Crippen LogP contribution in [0.15, 0.2) is 12.2 Å². The van der Waals surface area contributed by atoms with Crippen LogP contribution >= 0.6 is 0 Å². The Morgan fingerprint density at radius 2 is 1.67 bits per heavy atom. The molecule has 0 radical (unpaired) electrons. The van der Waals surface area contributed by atoms with Crippen LogP contribution in [0.5, 0.6) is 0 Å². The molecule has 1 aliphatic carbocycles. The van der Waals surface area contributed by atoms with E-state index in [1.807, 2.05) is 0 Å². The Morgan fingerprint density at radius 1 is 1.20 bits per heavy atom. The zero-order valence-electron chi connectivity index (χ0n) is 11.6. The summed E-state index contributed by atoms with van der Waals surface area (Å²) in [6.45, 7) is 17.5. The largest absolute Gasteiger partial charge is 0.0996 e. The van der Waals surface area contributed by atoms with E-state index in [0.717, 1.165) is 23.7 Å². The summed E-state index contributed by atoms with van der Waals surface area (Å²) in [6, 6.07) is 0. The van der Waals surface area contributed by atoms with E-state index < -0.39 is 0 Å². The highest BCUT2D eigenvalue weighted by molar-refractivity contribution is 5.11. The van der Waals surface area contributed by atoms with Crippen molar-refractivity contribution >= 4 is 0 Å². The fourth-order valence-electron chi connectivity index (χ4n) is 1.87. The molecule has 0 heteroatoms. The van der Waals surface area contributed by atoms with Gasteiger partial charge in [-0.3, -0.25) is 0 Å². The molecule has 1 saturated carbocycles. The lowest BCUT2D eigenvalue weighted by Gasteiger charge is -2.06. The first kappa shape index (κ1) is 14.7. The van der Waals surface area contributed by atoms with Crippen LogP contribution in [0.25, 0.3) is 0 Å². The van der Waals surface area contributed by atoms with E-state index in [-0.39, 0.29) is 0 Å². The maximum atomic E-state index is 4.16. The minimum absolute atomic E-state index is 0.792. The summed E-state index contributed by atoms with van der Waals surface area (Å²) in [4.78, 5) is 0. The number of allylic oxidation sites excluding steroid dienone is 1. The van der Waals surface area contributed by atoms with Gasteiger partial charge in [0.2, 0.25) is 0 Å². The number of hydrogen-bond donors (Lipinski definition) is 0. The van der Waals surface area contributed by atoms with E-state index >= 15 is 0 Å². The SMILES string of the molecule is C=C(CC(C)C)C1CC1CC.CC(C)C. The van der Waals surface area contributed by atoms with Crippen molar-refractivity contribution in [2.75, 3.05) is 0 Å². The van der Waals surface area contributed by atoms with Crippen molar-refractivity contribution in [1.82, 2.24) is 0 Å². The van der Waals surface area contributed by atoms with Crippen LogP contribution in [0.4, 0.5) is 0 Å².